The van der Waals surface area contributed by atoms with Crippen LogP contribution in [0.25, 0.3) is 76.5 Å². The van der Waals surface area contributed by atoms with Gasteiger partial charge in [-0.1, -0.05) is 170 Å². The number of hydrogen-bond acceptors (Lipinski definition) is 1. The lowest BCUT2D eigenvalue weighted by molar-refractivity contribution is 1.30. The van der Waals surface area contributed by atoms with Gasteiger partial charge in [0.2, 0.25) is 0 Å². The van der Waals surface area contributed by atoms with E-state index in [0.717, 1.165) is 55.2 Å². The highest BCUT2D eigenvalue weighted by molar-refractivity contribution is 6.08. The standard InChI is InChI=1S/C52H35N/c1-4-17-47-38(10-1)13-8-20-49(47)43-16-7-15-41(34-43)36-24-29-45(30-25-36)53(52-21-9-14-39-11-3-6-19-51(39)52)46-31-26-37(27-32-46)42-28-33-50-44(35-42)23-22-40-12-2-5-18-48(40)50/h1-35H/i24D,25D,29D,30D. The minimum atomic E-state index is -0.111. The fourth-order valence-corrected chi connectivity index (χ4v) is 7.67. The van der Waals surface area contributed by atoms with Crippen LogP contribution in [0, 0.1) is 0 Å². The van der Waals surface area contributed by atoms with Crippen LogP contribution in [0.5, 0.6) is 0 Å². The van der Waals surface area contributed by atoms with Crippen molar-refractivity contribution in [2.24, 2.45) is 0 Å². The molecule has 0 N–H and O–H groups in total. The summed E-state index contributed by atoms with van der Waals surface area (Å²) in [7, 11) is 0. The fourth-order valence-electron chi connectivity index (χ4n) is 7.67. The number of anilines is 3. The van der Waals surface area contributed by atoms with Crippen molar-refractivity contribution in [2.45, 2.75) is 0 Å². The summed E-state index contributed by atoms with van der Waals surface area (Å²) < 4.78 is 38.0. The van der Waals surface area contributed by atoms with Crippen LogP contribution in [0.4, 0.5) is 17.1 Å². The van der Waals surface area contributed by atoms with Crippen molar-refractivity contribution in [3.8, 4) is 33.4 Å². The van der Waals surface area contributed by atoms with Gasteiger partial charge in [0.05, 0.1) is 11.2 Å². The maximum Gasteiger partial charge on any atom is 0.0645 e. The highest BCUT2D eigenvalue weighted by atomic mass is 15.1. The molecule has 0 unspecified atom stereocenters. The zero-order valence-electron chi connectivity index (χ0n) is 32.8. The SMILES string of the molecule is [2H]c1c([2H])c(N(c2ccc(-c3ccc4c(ccc5ccccc54)c3)cc2)c2cccc3ccccc23)c([2H])c([2H])c1-c1cccc(-c2cccc3ccccc23)c1. The molecule has 1 heteroatoms. The molecular weight excluding hydrogens is 639 g/mol. The first-order chi connectivity index (χ1) is 27.9. The number of rotatable bonds is 6. The fraction of sp³-hybridized carbons (Fsp3) is 0. The minimum Gasteiger partial charge on any atom is -0.310 e. The maximum absolute atomic E-state index is 9.56. The average Bonchev–Trinajstić information content (AvgIpc) is 3.27. The monoisotopic (exact) mass is 677 g/mol. The van der Waals surface area contributed by atoms with E-state index in [1.165, 1.54) is 21.5 Å². The van der Waals surface area contributed by atoms with E-state index in [1.54, 1.807) is 0 Å². The highest BCUT2D eigenvalue weighted by Gasteiger charge is 2.16. The molecule has 0 heterocycles. The lowest BCUT2D eigenvalue weighted by Crippen LogP contribution is -2.10. The number of benzene rings is 10. The molecule has 0 spiro atoms. The van der Waals surface area contributed by atoms with Gasteiger partial charge in [-0.2, -0.15) is 0 Å². The first kappa shape index (κ1) is 26.8. The first-order valence-corrected chi connectivity index (χ1v) is 17.9. The molecule has 10 aromatic rings. The molecule has 0 bridgehead atoms. The van der Waals surface area contributed by atoms with E-state index in [1.807, 2.05) is 102 Å². The summed E-state index contributed by atoms with van der Waals surface area (Å²) in [6.45, 7) is 0. The molecule has 0 aliphatic heterocycles. The summed E-state index contributed by atoms with van der Waals surface area (Å²) >= 11 is 0. The van der Waals surface area contributed by atoms with Crippen LogP contribution in [-0.4, -0.2) is 0 Å². The van der Waals surface area contributed by atoms with Crippen molar-refractivity contribution in [1.29, 1.82) is 0 Å². The van der Waals surface area contributed by atoms with Gasteiger partial charge in [0.25, 0.3) is 0 Å². The van der Waals surface area contributed by atoms with Crippen LogP contribution in [-0.2, 0) is 0 Å². The van der Waals surface area contributed by atoms with Gasteiger partial charge in [-0.25, -0.2) is 0 Å². The largest absolute Gasteiger partial charge is 0.310 e. The van der Waals surface area contributed by atoms with Gasteiger partial charge in [0.1, 0.15) is 0 Å². The molecule has 10 rings (SSSR count). The van der Waals surface area contributed by atoms with Crippen molar-refractivity contribution < 1.29 is 5.48 Å². The Morgan fingerprint density at radius 1 is 0.302 bits per heavy atom. The molecule has 0 fully saturated rings. The lowest BCUT2D eigenvalue weighted by Gasteiger charge is -2.27. The normalized spacial score (nSPS) is 12.5. The molecule has 0 saturated heterocycles. The van der Waals surface area contributed by atoms with Crippen LogP contribution >= 0.6 is 0 Å². The predicted molar refractivity (Wildman–Crippen MR) is 227 cm³/mol. The summed E-state index contributed by atoms with van der Waals surface area (Å²) in [4.78, 5) is 1.88. The first-order valence-electron chi connectivity index (χ1n) is 19.9. The Morgan fingerprint density at radius 2 is 0.849 bits per heavy atom. The number of fused-ring (bicyclic) bond motifs is 5. The third kappa shape index (κ3) is 5.60. The molecule has 0 aliphatic carbocycles. The van der Waals surface area contributed by atoms with Crippen LogP contribution in [0.15, 0.2) is 212 Å². The lowest BCUT2D eigenvalue weighted by atomic mass is 9.95. The Morgan fingerprint density at radius 3 is 1.64 bits per heavy atom. The van der Waals surface area contributed by atoms with Crippen LogP contribution < -0.4 is 4.90 Å². The molecule has 0 atom stereocenters. The van der Waals surface area contributed by atoms with E-state index in [2.05, 4.69) is 91.0 Å². The summed E-state index contributed by atoms with van der Waals surface area (Å²) in [5.74, 6) is 0. The number of hydrogen-bond donors (Lipinski definition) is 0. The Hall–Kier alpha value is -6.96. The van der Waals surface area contributed by atoms with E-state index < -0.39 is 0 Å². The van der Waals surface area contributed by atoms with Crippen molar-refractivity contribution in [3.05, 3.63) is 212 Å². The Labute approximate surface area is 315 Å². The molecule has 53 heavy (non-hydrogen) atoms. The predicted octanol–water partition coefficient (Wildman–Crippen LogP) is 14.8. The molecule has 0 amide bonds. The zero-order valence-corrected chi connectivity index (χ0v) is 28.8. The van der Waals surface area contributed by atoms with Crippen molar-refractivity contribution in [1.82, 2.24) is 0 Å². The molecule has 0 aliphatic rings. The topological polar surface area (TPSA) is 3.24 Å². The van der Waals surface area contributed by atoms with E-state index >= 15 is 0 Å². The summed E-state index contributed by atoms with van der Waals surface area (Å²) in [6.07, 6.45) is 0. The van der Waals surface area contributed by atoms with Crippen molar-refractivity contribution in [2.75, 3.05) is 4.90 Å². The Bertz CT molecular complexity index is 3150. The van der Waals surface area contributed by atoms with E-state index in [4.69, 9.17) is 0 Å². The van der Waals surface area contributed by atoms with E-state index in [9.17, 15) is 5.48 Å². The van der Waals surface area contributed by atoms with Crippen molar-refractivity contribution >= 4 is 60.2 Å². The van der Waals surface area contributed by atoms with E-state index in [0.29, 0.717) is 5.56 Å². The van der Waals surface area contributed by atoms with Crippen molar-refractivity contribution in [3.63, 3.8) is 0 Å². The zero-order chi connectivity index (χ0) is 38.6. The summed E-state index contributed by atoms with van der Waals surface area (Å²) in [6, 6.07) is 63.4. The van der Waals surface area contributed by atoms with Crippen LogP contribution in [0.1, 0.15) is 5.48 Å². The van der Waals surface area contributed by atoms with Crippen LogP contribution in [0.3, 0.4) is 0 Å². The molecule has 1 nitrogen and oxygen atoms in total. The van der Waals surface area contributed by atoms with Gasteiger partial charge < -0.3 is 4.90 Å². The smallest absolute Gasteiger partial charge is 0.0645 e. The Kier molecular flexibility index (Phi) is 6.56. The Balaban J connectivity index is 1.11. The molecule has 0 radical (unpaired) electrons. The average molecular weight is 678 g/mol. The van der Waals surface area contributed by atoms with Gasteiger partial charge in [0.15, 0.2) is 0 Å². The quantitative estimate of drug-likeness (QED) is 0.158. The maximum atomic E-state index is 9.56. The molecule has 0 saturated carbocycles. The van der Waals surface area contributed by atoms with Gasteiger partial charge in [-0.15, -0.1) is 0 Å². The second-order valence-electron chi connectivity index (χ2n) is 13.4. The van der Waals surface area contributed by atoms with E-state index in [-0.39, 0.29) is 35.4 Å². The summed E-state index contributed by atoms with van der Waals surface area (Å²) in [5, 5.41) is 9.01. The van der Waals surface area contributed by atoms with Gasteiger partial charge in [0, 0.05) is 16.8 Å². The highest BCUT2D eigenvalue weighted by Crippen LogP contribution is 2.41. The molecular formula is C52H35N. The van der Waals surface area contributed by atoms with Gasteiger partial charge >= 0.3 is 0 Å². The van der Waals surface area contributed by atoms with Gasteiger partial charge in [-0.05, 0) is 114 Å². The third-order valence-corrected chi connectivity index (χ3v) is 10.3. The van der Waals surface area contributed by atoms with Crippen LogP contribution in [0.2, 0.25) is 0 Å². The molecule has 248 valence electrons. The minimum absolute atomic E-state index is 0.0911. The second-order valence-corrected chi connectivity index (χ2v) is 13.4. The van der Waals surface area contributed by atoms with Gasteiger partial charge in [-0.3, -0.25) is 0 Å². The number of nitrogens with zero attached hydrogens (tertiary/aromatic N) is 1. The third-order valence-electron chi connectivity index (χ3n) is 10.3. The summed E-state index contributed by atoms with van der Waals surface area (Å²) in [5.41, 5.74) is 6.71. The molecule has 10 aromatic carbocycles. The second kappa shape index (κ2) is 13.0. The molecule has 0 aromatic heterocycles.